The van der Waals surface area contributed by atoms with Crippen molar-refractivity contribution in [3.63, 3.8) is 0 Å². The van der Waals surface area contributed by atoms with Gasteiger partial charge in [0.1, 0.15) is 23.0 Å². The second-order valence-electron chi connectivity index (χ2n) is 10.6. The molecular formula is C38H42O9. The van der Waals surface area contributed by atoms with Crippen molar-refractivity contribution in [2.75, 3.05) is 19.8 Å². The van der Waals surface area contributed by atoms with Gasteiger partial charge in [0, 0.05) is 12.5 Å². The number of hydrogen-bond acceptors (Lipinski definition) is 9. The molecule has 0 fully saturated rings. The van der Waals surface area contributed by atoms with Crippen molar-refractivity contribution in [3.05, 3.63) is 109 Å². The van der Waals surface area contributed by atoms with Gasteiger partial charge in [-0.1, -0.05) is 26.0 Å². The van der Waals surface area contributed by atoms with E-state index in [1.807, 2.05) is 0 Å². The molecule has 0 radical (unpaired) electrons. The molecule has 0 amide bonds. The summed E-state index contributed by atoms with van der Waals surface area (Å²) in [5.41, 5.74) is 0.664. The van der Waals surface area contributed by atoms with Crippen LogP contribution >= 0.6 is 0 Å². The van der Waals surface area contributed by atoms with E-state index in [0.29, 0.717) is 54.6 Å². The third-order valence-corrected chi connectivity index (χ3v) is 6.96. The van der Waals surface area contributed by atoms with E-state index < -0.39 is 17.9 Å². The number of carbonyl (C=O) groups is 4. The summed E-state index contributed by atoms with van der Waals surface area (Å²) in [6, 6.07) is 19.6. The van der Waals surface area contributed by atoms with Crippen LogP contribution in [-0.4, -0.2) is 43.5 Å². The molecular weight excluding hydrogens is 600 g/mol. The Morgan fingerprint density at radius 3 is 1.36 bits per heavy atom. The summed E-state index contributed by atoms with van der Waals surface area (Å²) in [6.07, 6.45) is 10.3. The van der Waals surface area contributed by atoms with Gasteiger partial charge in [0.15, 0.2) is 5.78 Å². The number of allylic oxidation sites excluding steroid dienone is 1. The maximum absolute atomic E-state index is 12.6. The summed E-state index contributed by atoms with van der Waals surface area (Å²) in [5, 5.41) is 0. The fraction of sp³-hybridized carbons (Fsp3) is 0.316. The second kappa shape index (κ2) is 20.8. The molecule has 9 nitrogen and oxygen atoms in total. The Balaban J connectivity index is 1.33. The Morgan fingerprint density at radius 2 is 0.894 bits per heavy atom. The fourth-order valence-corrected chi connectivity index (χ4v) is 4.31. The van der Waals surface area contributed by atoms with Gasteiger partial charge in [-0.2, -0.15) is 0 Å². The van der Waals surface area contributed by atoms with Gasteiger partial charge in [0.25, 0.3) is 0 Å². The predicted octanol–water partition coefficient (Wildman–Crippen LogP) is 7.88. The van der Waals surface area contributed by atoms with E-state index in [0.717, 1.165) is 57.4 Å². The lowest BCUT2D eigenvalue weighted by molar-refractivity contribution is -0.137. The Kier molecular flexibility index (Phi) is 16.0. The number of hydrogen-bond donors (Lipinski definition) is 0. The average molecular weight is 643 g/mol. The lowest BCUT2D eigenvalue weighted by atomic mass is 10.1. The van der Waals surface area contributed by atoms with Gasteiger partial charge in [-0.05, 0) is 117 Å². The molecule has 0 aliphatic rings. The van der Waals surface area contributed by atoms with Gasteiger partial charge >= 0.3 is 17.9 Å². The summed E-state index contributed by atoms with van der Waals surface area (Å²) in [6.45, 7) is 8.32. The molecule has 3 rings (SSSR count). The Morgan fingerprint density at radius 1 is 0.489 bits per heavy atom. The monoisotopic (exact) mass is 642 g/mol. The number of ether oxygens (including phenoxy) is 5. The highest BCUT2D eigenvalue weighted by Crippen LogP contribution is 2.21. The number of rotatable bonds is 22. The molecule has 0 heterocycles. The molecule has 0 atom stereocenters. The number of unbranched alkanes of at least 4 members (excludes halogenated alkanes) is 6. The van der Waals surface area contributed by atoms with Crippen LogP contribution in [0.1, 0.15) is 78.5 Å². The summed E-state index contributed by atoms with van der Waals surface area (Å²) in [4.78, 5) is 47.4. The van der Waals surface area contributed by atoms with Crippen molar-refractivity contribution in [2.45, 2.75) is 57.8 Å². The number of carbonyl (C=O) groups excluding carboxylic acids is 4. The molecule has 0 unspecified atom stereocenters. The zero-order chi connectivity index (χ0) is 33.7. The third-order valence-electron chi connectivity index (χ3n) is 6.96. The fourth-order valence-electron chi connectivity index (χ4n) is 4.31. The van der Waals surface area contributed by atoms with Crippen LogP contribution in [-0.2, 0) is 14.3 Å². The lowest BCUT2D eigenvalue weighted by Crippen LogP contribution is -2.10. The number of esters is 3. The van der Waals surface area contributed by atoms with Crippen molar-refractivity contribution < 1.29 is 42.9 Å². The molecule has 47 heavy (non-hydrogen) atoms. The molecule has 0 bridgehead atoms. The van der Waals surface area contributed by atoms with E-state index in [9.17, 15) is 19.2 Å². The summed E-state index contributed by atoms with van der Waals surface area (Å²) in [5.74, 6) is 0.578. The smallest absolute Gasteiger partial charge is 0.343 e. The van der Waals surface area contributed by atoms with Gasteiger partial charge in [0.2, 0.25) is 0 Å². The standard InChI is InChI=1S/C38H42O9/c1-3-31(39)13-9-5-6-10-26-44-33-22-24-35(25-23-33)47-38(42)30-16-20-34(21-17-30)46-37(41)29-14-18-32(19-15-29)43-27-11-7-8-12-28-45-36(40)4-2/h3-4,14-25H,1-2,5-13,26-28H2. The first kappa shape index (κ1) is 36.3. The van der Waals surface area contributed by atoms with E-state index in [-0.39, 0.29) is 11.5 Å². The Labute approximate surface area is 276 Å². The maximum atomic E-state index is 12.6. The van der Waals surface area contributed by atoms with E-state index in [2.05, 4.69) is 13.2 Å². The highest BCUT2D eigenvalue weighted by Gasteiger charge is 2.12. The van der Waals surface area contributed by atoms with Crippen LogP contribution in [0.3, 0.4) is 0 Å². The first-order valence-corrected chi connectivity index (χ1v) is 15.8. The van der Waals surface area contributed by atoms with E-state index >= 15 is 0 Å². The van der Waals surface area contributed by atoms with Crippen molar-refractivity contribution in [1.82, 2.24) is 0 Å². The molecule has 0 spiro atoms. The second-order valence-corrected chi connectivity index (χ2v) is 10.6. The molecule has 248 valence electrons. The average Bonchev–Trinajstić information content (AvgIpc) is 3.09. The van der Waals surface area contributed by atoms with E-state index in [4.69, 9.17) is 23.7 Å². The third kappa shape index (κ3) is 14.2. The van der Waals surface area contributed by atoms with Crippen molar-refractivity contribution in [3.8, 4) is 23.0 Å². The Bertz CT molecular complexity index is 1440. The zero-order valence-electron chi connectivity index (χ0n) is 26.7. The molecule has 3 aromatic carbocycles. The molecule has 0 saturated carbocycles. The van der Waals surface area contributed by atoms with Crippen molar-refractivity contribution >= 4 is 23.7 Å². The zero-order valence-corrected chi connectivity index (χ0v) is 26.7. The highest BCUT2D eigenvalue weighted by molar-refractivity contribution is 5.92. The van der Waals surface area contributed by atoms with Crippen LogP contribution in [0.15, 0.2) is 98.1 Å². The molecule has 3 aromatic rings. The maximum Gasteiger partial charge on any atom is 0.343 e. The number of benzene rings is 3. The van der Waals surface area contributed by atoms with Crippen molar-refractivity contribution in [2.24, 2.45) is 0 Å². The van der Waals surface area contributed by atoms with Gasteiger partial charge in [-0.3, -0.25) is 4.79 Å². The van der Waals surface area contributed by atoms with E-state index in [1.165, 1.54) is 30.3 Å². The Hall–Kier alpha value is -5.18. The van der Waals surface area contributed by atoms with Crippen LogP contribution < -0.4 is 18.9 Å². The molecule has 0 aliphatic carbocycles. The van der Waals surface area contributed by atoms with Crippen LogP contribution in [0, 0.1) is 0 Å². The minimum atomic E-state index is -0.545. The highest BCUT2D eigenvalue weighted by atomic mass is 16.5. The van der Waals surface area contributed by atoms with Crippen LogP contribution in [0.25, 0.3) is 0 Å². The summed E-state index contributed by atoms with van der Waals surface area (Å²) < 4.78 is 27.3. The first-order chi connectivity index (χ1) is 22.9. The normalized spacial score (nSPS) is 10.4. The predicted molar refractivity (Wildman–Crippen MR) is 178 cm³/mol. The van der Waals surface area contributed by atoms with Crippen LogP contribution in [0.5, 0.6) is 23.0 Å². The van der Waals surface area contributed by atoms with Gasteiger partial charge in [0.05, 0.1) is 30.9 Å². The lowest BCUT2D eigenvalue weighted by Gasteiger charge is -2.09. The summed E-state index contributed by atoms with van der Waals surface area (Å²) >= 11 is 0. The van der Waals surface area contributed by atoms with Gasteiger partial charge in [-0.15, -0.1) is 0 Å². The molecule has 0 aliphatic heterocycles. The number of ketones is 1. The summed E-state index contributed by atoms with van der Waals surface area (Å²) in [7, 11) is 0. The van der Waals surface area contributed by atoms with Crippen LogP contribution in [0.4, 0.5) is 0 Å². The minimum Gasteiger partial charge on any atom is -0.494 e. The molecule has 0 aromatic heterocycles. The topological polar surface area (TPSA) is 114 Å². The SMILES string of the molecule is C=CC(=O)CCCCCCOc1ccc(OC(=O)c2ccc(OC(=O)c3ccc(OCCCCCCOC(=O)C=C)cc3)cc2)cc1. The quantitative estimate of drug-likeness (QED) is 0.0467. The molecule has 0 N–H and O–H groups in total. The molecule has 0 saturated heterocycles. The minimum absolute atomic E-state index is 0.0776. The van der Waals surface area contributed by atoms with Gasteiger partial charge in [-0.25, -0.2) is 14.4 Å². The molecule has 9 heteroatoms. The van der Waals surface area contributed by atoms with Gasteiger partial charge < -0.3 is 23.7 Å². The van der Waals surface area contributed by atoms with Crippen molar-refractivity contribution in [1.29, 1.82) is 0 Å². The van der Waals surface area contributed by atoms with E-state index in [1.54, 1.807) is 48.5 Å². The first-order valence-electron chi connectivity index (χ1n) is 15.8. The van der Waals surface area contributed by atoms with Crippen LogP contribution in [0.2, 0.25) is 0 Å². The largest absolute Gasteiger partial charge is 0.494 e.